The molecule has 3 rings (SSSR count). The maximum atomic E-state index is 12.7. The molecule has 154 valence electrons. The molecule has 0 aliphatic carbocycles. The SMILES string of the molecule is NCCCCCOc1cccc(NC2=CC(=O)N(C3CCC(=O)NC3=O)C2=O)c1. The van der Waals surface area contributed by atoms with E-state index in [1.165, 1.54) is 0 Å². The van der Waals surface area contributed by atoms with E-state index < -0.39 is 29.7 Å². The van der Waals surface area contributed by atoms with E-state index in [0.29, 0.717) is 24.6 Å². The minimum atomic E-state index is -0.980. The average Bonchev–Trinajstić information content (AvgIpc) is 2.96. The zero-order valence-electron chi connectivity index (χ0n) is 16.0. The lowest BCUT2D eigenvalue weighted by molar-refractivity contribution is -0.149. The zero-order chi connectivity index (χ0) is 20.8. The van der Waals surface area contributed by atoms with Crippen molar-refractivity contribution in [2.24, 2.45) is 5.73 Å². The first kappa shape index (κ1) is 20.5. The zero-order valence-corrected chi connectivity index (χ0v) is 16.0. The number of ether oxygens (including phenoxy) is 1. The van der Waals surface area contributed by atoms with Gasteiger partial charge in [-0.2, -0.15) is 0 Å². The van der Waals surface area contributed by atoms with Gasteiger partial charge in [-0.1, -0.05) is 6.07 Å². The van der Waals surface area contributed by atoms with Gasteiger partial charge in [-0.05, 0) is 44.4 Å². The molecule has 0 bridgehead atoms. The highest BCUT2D eigenvalue weighted by atomic mass is 16.5. The summed E-state index contributed by atoms with van der Waals surface area (Å²) in [5, 5.41) is 5.08. The van der Waals surface area contributed by atoms with Crippen molar-refractivity contribution in [1.29, 1.82) is 0 Å². The van der Waals surface area contributed by atoms with Crippen molar-refractivity contribution >= 4 is 29.3 Å². The largest absolute Gasteiger partial charge is 0.494 e. The van der Waals surface area contributed by atoms with Crippen LogP contribution in [0.5, 0.6) is 5.75 Å². The van der Waals surface area contributed by atoms with E-state index in [0.717, 1.165) is 30.2 Å². The van der Waals surface area contributed by atoms with Gasteiger partial charge in [-0.25, -0.2) is 0 Å². The van der Waals surface area contributed by atoms with Crippen LogP contribution in [0.2, 0.25) is 0 Å². The number of rotatable bonds is 9. The molecule has 1 aromatic rings. The number of nitrogens with one attached hydrogen (secondary N) is 2. The topological polar surface area (TPSA) is 131 Å². The third-order valence-electron chi connectivity index (χ3n) is 4.71. The smallest absolute Gasteiger partial charge is 0.278 e. The summed E-state index contributed by atoms with van der Waals surface area (Å²) in [6.45, 7) is 1.23. The molecule has 9 heteroatoms. The van der Waals surface area contributed by atoms with Crippen LogP contribution in [0.25, 0.3) is 0 Å². The Bertz CT molecular complexity index is 851. The first-order chi connectivity index (χ1) is 14.0. The Morgan fingerprint density at radius 2 is 2.00 bits per heavy atom. The van der Waals surface area contributed by atoms with Gasteiger partial charge in [0.05, 0.1) is 6.61 Å². The molecule has 0 aromatic heterocycles. The number of imide groups is 2. The minimum absolute atomic E-state index is 0.0693. The fourth-order valence-electron chi connectivity index (χ4n) is 3.23. The van der Waals surface area contributed by atoms with Crippen LogP contribution in [-0.2, 0) is 19.2 Å². The van der Waals surface area contributed by atoms with E-state index in [9.17, 15) is 19.2 Å². The lowest BCUT2D eigenvalue weighted by Crippen LogP contribution is -2.54. The van der Waals surface area contributed by atoms with Crippen LogP contribution in [0.1, 0.15) is 32.1 Å². The maximum Gasteiger partial charge on any atom is 0.278 e. The standard InChI is InChI=1S/C20H24N4O5/c21-9-2-1-3-10-29-14-6-4-5-13(11-14)22-15-12-18(26)24(20(15)28)16-7-8-17(25)23-19(16)27/h4-6,11-12,16,22H,1-3,7-10,21H2,(H,23,25,27). The predicted octanol–water partition coefficient (Wildman–Crippen LogP) is 0.664. The Labute approximate surface area is 168 Å². The Hall–Kier alpha value is -3.20. The number of benzene rings is 1. The van der Waals surface area contributed by atoms with Crippen LogP contribution in [0.3, 0.4) is 0 Å². The Kier molecular flexibility index (Phi) is 6.61. The van der Waals surface area contributed by atoms with Crippen LogP contribution < -0.4 is 21.1 Å². The van der Waals surface area contributed by atoms with Crippen LogP contribution >= 0.6 is 0 Å². The van der Waals surface area contributed by atoms with Gasteiger partial charge in [0.25, 0.3) is 11.8 Å². The molecule has 0 spiro atoms. The Balaban J connectivity index is 1.61. The summed E-state index contributed by atoms with van der Waals surface area (Å²) in [6.07, 6.45) is 4.21. The van der Waals surface area contributed by atoms with Crippen molar-refractivity contribution in [2.75, 3.05) is 18.5 Å². The van der Waals surface area contributed by atoms with Crippen molar-refractivity contribution < 1.29 is 23.9 Å². The first-order valence-electron chi connectivity index (χ1n) is 9.62. The van der Waals surface area contributed by atoms with Gasteiger partial charge < -0.3 is 15.8 Å². The monoisotopic (exact) mass is 400 g/mol. The molecule has 1 unspecified atom stereocenters. The molecule has 2 aliphatic rings. The number of amides is 4. The molecule has 29 heavy (non-hydrogen) atoms. The van der Waals surface area contributed by atoms with Crippen molar-refractivity contribution in [3.8, 4) is 5.75 Å². The highest BCUT2D eigenvalue weighted by molar-refractivity contribution is 6.20. The Morgan fingerprint density at radius 3 is 2.76 bits per heavy atom. The highest BCUT2D eigenvalue weighted by Crippen LogP contribution is 2.24. The van der Waals surface area contributed by atoms with Crippen LogP contribution in [-0.4, -0.2) is 47.7 Å². The summed E-state index contributed by atoms with van der Waals surface area (Å²) >= 11 is 0. The van der Waals surface area contributed by atoms with Crippen molar-refractivity contribution in [1.82, 2.24) is 10.2 Å². The number of anilines is 1. The van der Waals surface area contributed by atoms with E-state index >= 15 is 0 Å². The molecule has 9 nitrogen and oxygen atoms in total. The van der Waals surface area contributed by atoms with Crippen LogP contribution in [0, 0.1) is 0 Å². The number of nitrogens with zero attached hydrogens (tertiary/aromatic N) is 1. The van der Waals surface area contributed by atoms with Gasteiger partial charge in [-0.3, -0.25) is 29.4 Å². The van der Waals surface area contributed by atoms with Crippen LogP contribution in [0.15, 0.2) is 36.0 Å². The fraction of sp³-hybridized carbons (Fsp3) is 0.400. The summed E-state index contributed by atoms with van der Waals surface area (Å²) < 4.78 is 5.70. The summed E-state index contributed by atoms with van der Waals surface area (Å²) in [5.74, 6) is -1.59. The molecule has 1 aromatic carbocycles. The lowest BCUT2D eigenvalue weighted by atomic mass is 10.0. The molecule has 1 saturated heterocycles. The third-order valence-corrected chi connectivity index (χ3v) is 4.71. The lowest BCUT2D eigenvalue weighted by Gasteiger charge is -2.28. The van der Waals surface area contributed by atoms with Crippen molar-refractivity contribution in [3.05, 3.63) is 36.0 Å². The number of nitrogens with two attached hydrogens (primary N) is 1. The van der Waals surface area contributed by atoms with Crippen LogP contribution in [0.4, 0.5) is 5.69 Å². The van der Waals surface area contributed by atoms with Gasteiger partial charge in [0.15, 0.2) is 0 Å². The molecule has 2 heterocycles. The summed E-state index contributed by atoms with van der Waals surface area (Å²) in [5.41, 5.74) is 6.12. The van der Waals surface area contributed by atoms with Gasteiger partial charge in [0.2, 0.25) is 11.8 Å². The normalized spacial score (nSPS) is 19.3. The number of hydrogen-bond acceptors (Lipinski definition) is 7. The molecule has 1 fully saturated rings. The third kappa shape index (κ3) is 5.00. The van der Waals surface area contributed by atoms with E-state index in [1.54, 1.807) is 24.3 Å². The fourth-order valence-corrected chi connectivity index (χ4v) is 3.23. The number of unbranched alkanes of at least 4 members (excludes halogenated alkanes) is 2. The number of carbonyl (C=O) groups excluding carboxylic acids is 4. The van der Waals surface area contributed by atoms with E-state index in [4.69, 9.17) is 10.5 Å². The molecule has 0 saturated carbocycles. The van der Waals surface area contributed by atoms with E-state index in [1.807, 2.05) is 0 Å². The Morgan fingerprint density at radius 1 is 1.17 bits per heavy atom. The molecule has 0 radical (unpaired) electrons. The van der Waals surface area contributed by atoms with Crippen molar-refractivity contribution in [2.45, 2.75) is 38.1 Å². The summed E-state index contributed by atoms with van der Waals surface area (Å²) in [7, 11) is 0. The second-order valence-corrected chi connectivity index (χ2v) is 6.89. The highest BCUT2D eigenvalue weighted by Gasteiger charge is 2.42. The minimum Gasteiger partial charge on any atom is -0.494 e. The summed E-state index contributed by atoms with van der Waals surface area (Å²) in [6, 6.07) is 6.08. The number of hydrogen-bond donors (Lipinski definition) is 3. The molecular formula is C20H24N4O5. The van der Waals surface area contributed by atoms with Gasteiger partial charge in [-0.15, -0.1) is 0 Å². The number of piperidine rings is 1. The maximum absolute atomic E-state index is 12.7. The predicted molar refractivity (Wildman–Crippen MR) is 105 cm³/mol. The first-order valence-corrected chi connectivity index (χ1v) is 9.62. The molecule has 4 N–H and O–H groups in total. The van der Waals surface area contributed by atoms with E-state index in [2.05, 4.69) is 10.6 Å². The quantitative estimate of drug-likeness (QED) is 0.410. The molecule has 4 amide bonds. The average molecular weight is 400 g/mol. The number of carbonyl (C=O) groups is 4. The van der Waals surface area contributed by atoms with E-state index in [-0.39, 0.29) is 18.5 Å². The second kappa shape index (κ2) is 9.33. The van der Waals surface area contributed by atoms with Crippen molar-refractivity contribution in [3.63, 3.8) is 0 Å². The molecule has 2 aliphatic heterocycles. The van der Waals surface area contributed by atoms with Gasteiger partial charge in [0, 0.05) is 24.3 Å². The summed E-state index contributed by atoms with van der Waals surface area (Å²) in [4.78, 5) is 49.2. The van der Waals surface area contributed by atoms with Gasteiger partial charge >= 0.3 is 0 Å². The molecule has 1 atom stereocenters. The second-order valence-electron chi connectivity index (χ2n) is 6.89. The van der Waals surface area contributed by atoms with Gasteiger partial charge in [0.1, 0.15) is 17.5 Å². The molecular weight excluding hydrogens is 376 g/mol.